The first-order chi connectivity index (χ1) is 17.4. The average molecular weight is 513 g/mol. The van der Waals surface area contributed by atoms with Crippen molar-refractivity contribution in [2.75, 3.05) is 13.2 Å². The molecule has 3 atom stereocenters. The van der Waals surface area contributed by atoms with Crippen LogP contribution in [0.1, 0.15) is 84.5 Å². The third-order valence-electron chi connectivity index (χ3n) is 7.42. The number of hydrogen-bond donors (Lipinski definition) is 1. The molecule has 1 aromatic carbocycles. The summed E-state index contributed by atoms with van der Waals surface area (Å²) < 4.78 is 17.2. The minimum Gasteiger partial charge on any atom is -0.461 e. The van der Waals surface area contributed by atoms with Gasteiger partial charge in [0.05, 0.1) is 12.5 Å². The second-order valence-electron chi connectivity index (χ2n) is 11.9. The van der Waals surface area contributed by atoms with E-state index >= 15 is 0 Å². The SMILES string of the molecule is Cc1ccc2oc([C@@H](C)[C@H](C)C(=O)OC[C@]3(CO)C/C(=C\CC(CC(C)C)CC(C)C)C(=O)O3)cc2c1. The fourth-order valence-corrected chi connectivity index (χ4v) is 5.21. The quantitative estimate of drug-likeness (QED) is 0.251. The highest BCUT2D eigenvalue weighted by Crippen LogP contribution is 2.35. The lowest BCUT2D eigenvalue weighted by atomic mass is 9.86. The first kappa shape index (κ1) is 29.0. The van der Waals surface area contributed by atoms with Crippen molar-refractivity contribution in [3.63, 3.8) is 0 Å². The summed E-state index contributed by atoms with van der Waals surface area (Å²) in [5, 5.41) is 11.1. The second kappa shape index (κ2) is 12.3. The summed E-state index contributed by atoms with van der Waals surface area (Å²) in [7, 11) is 0. The lowest BCUT2D eigenvalue weighted by Gasteiger charge is -2.25. The van der Waals surface area contributed by atoms with E-state index in [0.717, 1.165) is 41.6 Å². The van der Waals surface area contributed by atoms with E-state index in [9.17, 15) is 14.7 Å². The minimum atomic E-state index is -1.23. The van der Waals surface area contributed by atoms with Crippen LogP contribution in [0.2, 0.25) is 0 Å². The van der Waals surface area contributed by atoms with Crippen LogP contribution in [0.3, 0.4) is 0 Å². The van der Waals surface area contributed by atoms with Gasteiger partial charge in [0.2, 0.25) is 0 Å². The fraction of sp³-hybridized carbons (Fsp3) is 0.613. The zero-order chi connectivity index (χ0) is 27.3. The van der Waals surface area contributed by atoms with Crippen LogP contribution < -0.4 is 0 Å². The van der Waals surface area contributed by atoms with Crippen LogP contribution >= 0.6 is 0 Å². The van der Waals surface area contributed by atoms with Gasteiger partial charge in [0, 0.05) is 23.3 Å². The molecule has 1 saturated heterocycles. The minimum absolute atomic E-state index is 0.177. The molecule has 0 bridgehead atoms. The standard InChI is InChI=1S/C31H44O6/c1-19(2)12-24(13-20(3)4)9-10-25-16-31(17-32,37-30(25)34)18-35-29(33)23(7)22(6)28-15-26-14-21(5)8-11-27(26)36-28/h8,10-11,14-15,19-20,22-24,32H,9,12-13,16-18H2,1-7H3/b25-10+/t22-,23-,31+/m0/s1. The molecule has 1 N–H and O–H groups in total. The Kier molecular flexibility index (Phi) is 9.63. The highest BCUT2D eigenvalue weighted by atomic mass is 16.6. The van der Waals surface area contributed by atoms with Crippen molar-refractivity contribution in [3.8, 4) is 0 Å². The number of carbonyl (C=O) groups excluding carboxylic acids is 2. The van der Waals surface area contributed by atoms with Crippen molar-refractivity contribution in [2.24, 2.45) is 23.7 Å². The summed E-state index contributed by atoms with van der Waals surface area (Å²) in [6.07, 6.45) is 5.19. The number of fused-ring (bicyclic) bond motifs is 1. The summed E-state index contributed by atoms with van der Waals surface area (Å²) in [4.78, 5) is 25.6. The Bertz CT molecular complexity index is 1100. The number of furan rings is 1. The van der Waals surface area contributed by atoms with Gasteiger partial charge in [-0.3, -0.25) is 4.79 Å². The number of ether oxygens (including phenoxy) is 2. The number of aliphatic hydroxyl groups is 1. The molecule has 0 saturated carbocycles. The molecule has 6 nitrogen and oxygen atoms in total. The molecule has 2 heterocycles. The molecular formula is C31H44O6. The second-order valence-corrected chi connectivity index (χ2v) is 11.9. The Morgan fingerprint density at radius 1 is 1.11 bits per heavy atom. The number of benzene rings is 1. The molecule has 0 unspecified atom stereocenters. The number of aliphatic hydroxyl groups excluding tert-OH is 1. The van der Waals surface area contributed by atoms with Gasteiger partial charge in [0.1, 0.15) is 18.0 Å². The van der Waals surface area contributed by atoms with Gasteiger partial charge in [-0.1, -0.05) is 59.2 Å². The molecule has 1 aromatic heterocycles. The highest BCUT2D eigenvalue weighted by Gasteiger charge is 2.45. The van der Waals surface area contributed by atoms with Crippen LogP contribution in [0.5, 0.6) is 0 Å². The zero-order valence-electron chi connectivity index (χ0n) is 23.5. The highest BCUT2D eigenvalue weighted by molar-refractivity contribution is 5.91. The van der Waals surface area contributed by atoms with Crippen LogP contribution in [-0.4, -0.2) is 35.9 Å². The molecule has 6 heteroatoms. The molecular weight excluding hydrogens is 468 g/mol. The van der Waals surface area contributed by atoms with Gasteiger partial charge in [0.25, 0.3) is 0 Å². The Morgan fingerprint density at radius 2 is 1.78 bits per heavy atom. The van der Waals surface area contributed by atoms with Crippen LogP contribution in [0.25, 0.3) is 11.0 Å². The topological polar surface area (TPSA) is 86.0 Å². The van der Waals surface area contributed by atoms with Crippen LogP contribution in [-0.2, 0) is 19.1 Å². The lowest BCUT2D eigenvalue weighted by Crippen LogP contribution is -2.40. The van der Waals surface area contributed by atoms with E-state index < -0.39 is 30.1 Å². The lowest BCUT2D eigenvalue weighted by molar-refractivity contribution is -0.168. The van der Waals surface area contributed by atoms with Gasteiger partial charge < -0.3 is 19.0 Å². The molecule has 2 aromatic rings. The van der Waals surface area contributed by atoms with Gasteiger partial charge >= 0.3 is 11.9 Å². The molecule has 1 aliphatic heterocycles. The van der Waals surface area contributed by atoms with E-state index in [-0.39, 0.29) is 18.9 Å². The molecule has 0 aliphatic carbocycles. The van der Waals surface area contributed by atoms with Crippen molar-refractivity contribution < 1.29 is 28.6 Å². The van der Waals surface area contributed by atoms with Gasteiger partial charge in [-0.15, -0.1) is 0 Å². The maximum Gasteiger partial charge on any atom is 0.334 e. The Morgan fingerprint density at radius 3 is 2.41 bits per heavy atom. The zero-order valence-corrected chi connectivity index (χ0v) is 23.5. The average Bonchev–Trinajstić information content (AvgIpc) is 3.40. The van der Waals surface area contributed by atoms with Crippen molar-refractivity contribution in [1.82, 2.24) is 0 Å². The number of esters is 2. The number of allylic oxidation sites excluding steroid dienone is 1. The van der Waals surface area contributed by atoms with Crippen LogP contribution in [0.4, 0.5) is 0 Å². The molecule has 3 rings (SSSR count). The predicted octanol–water partition coefficient (Wildman–Crippen LogP) is 6.73. The Hall–Kier alpha value is -2.60. The van der Waals surface area contributed by atoms with E-state index in [1.165, 1.54) is 0 Å². The summed E-state index contributed by atoms with van der Waals surface area (Å²) in [6, 6.07) is 7.94. The summed E-state index contributed by atoms with van der Waals surface area (Å²) in [5.74, 6) is 0.853. The molecule has 204 valence electrons. The smallest absolute Gasteiger partial charge is 0.334 e. The van der Waals surface area contributed by atoms with Crippen LogP contribution in [0.15, 0.2) is 40.3 Å². The van der Waals surface area contributed by atoms with E-state index in [0.29, 0.717) is 23.3 Å². The van der Waals surface area contributed by atoms with Crippen LogP contribution in [0, 0.1) is 30.6 Å². The number of cyclic esters (lactones) is 1. The van der Waals surface area contributed by atoms with Crippen molar-refractivity contribution in [3.05, 3.63) is 47.2 Å². The molecule has 0 spiro atoms. The van der Waals surface area contributed by atoms with Crippen molar-refractivity contribution in [1.29, 1.82) is 0 Å². The predicted molar refractivity (Wildman–Crippen MR) is 145 cm³/mol. The molecule has 1 fully saturated rings. The Labute approximate surface area is 221 Å². The van der Waals surface area contributed by atoms with E-state index in [1.807, 2.05) is 38.1 Å². The fourth-order valence-electron chi connectivity index (χ4n) is 5.21. The van der Waals surface area contributed by atoms with E-state index in [2.05, 4.69) is 33.8 Å². The van der Waals surface area contributed by atoms with Gasteiger partial charge in [-0.2, -0.15) is 0 Å². The van der Waals surface area contributed by atoms with Crippen molar-refractivity contribution >= 4 is 22.9 Å². The number of hydrogen-bond acceptors (Lipinski definition) is 6. The third kappa shape index (κ3) is 7.47. The molecule has 37 heavy (non-hydrogen) atoms. The monoisotopic (exact) mass is 512 g/mol. The number of carbonyl (C=O) groups is 2. The summed E-state index contributed by atoms with van der Waals surface area (Å²) >= 11 is 0. The van der Waals surface area contributed by atoms with Gasteiger partial charge in [-0.05, 0) is 62.1 Å². The van der Waals surface area contributed by atoms with Gasteiger partial charge in [0.15, 0.2) is 5.60 Å². The number of rotatable bonds is 12. The molecule has 1 aliphatic rings. The maximum atomic E-state index is 12.9. The Balaban J connectivity index is 1.62. The summed E-state index contributed by atoms with van der Waals surface area (Å²) in [5.41, 5.74) is 1.25. The number of aryl methyl sites for hydroxylation is 1. The normalized spacial score (nSPS) is 20.8. The third-order valence-corrected chi connectivity index (χ3v) is 7.42. The molecule has 0 radical (unpaired) electrons. The van der Waals surface area contributed by atoms with E-state index in [4.69, 9.17) is 13.9 Å². The summed E-state index contributed by atoms with van der Waals surface area (Å²) in [6.45, 7) is 14.0. The maximum absolute atomic E-state index is 12.9. The van der Waals surface area contributed by atoms with Crippen molar-refractivity contribution in [2.45, 2.75) is 85.7 Å². The first-order valence-corrected chi connectivity index (χ1v) is 13.6. The largest absolute Gasteiger partial charge is 0.461 e. The first-order valence-electron chi connectivity index (χ1n) is 13.6. The van der Waals surface area contributed by atoms with E-state index in [1.54, 1.807) is 6.92 Å². The van der Waals surface area contributed by atoms with Gasteiger partial charge in [-0.25, -0.2) is 4.79 Å². The molecule has 0 amide bonds.